The number of carbonyl (C=O) groups is 1. The number of nitrogens with one attached hydrogen (secondary N) is 1. The second-order valence-corrected chi connectivity index (χ2v) is 6.55. The Morgan fingerprint density at radius 3 is 3.05 bits per heavy atom. The van der Waals surface area contributed by atoms with E-state index in [1.807, 2.05) is 25.3 Å². The van der Waals surface area contributed by atoms with E-state index >= 15 is 0 Å². The summed E-state index contributed by atoms with van der Waals surface area (Å²) in [5, 5.41) is 4.46. The Morgan fingerprint density at radius 1 is 1.60 bits per heavy atom. The number of thiazole rings is 1. The van der Waals surface area contributed by atoms with Crippen LogP contribution in [-0.4, -0.2) is 35.2 Å². The highest BCUT2D eigenvalue weighted by Crippen LogP contribution is 2.26. The number of rotatable bonds is 5. The van der Waals surface area contributed by atoms with Gasteiger partial charge in [0.05, 0.1) is 0 Å². The first-order chi connectivity index (χ1) is 9.60. The summed E-state index contributed by atoms with van der Waals surface area (Å²) in [5.74, 6) is -0.0417. The van der Waals surface area contributed by atoms with E-state index in [-0.39, 0.29) is 11.2 Å². The van der Waals surface area contributed by atoms with Crippen LogP contribution in [0, 0.1) is 0 Å². The zero-order chi connectivity index (χ0) is 14.5. The lowest BCUT2D eigenvalue weighted by Crippen LogP contribution is -2.19. The Labute approximate surface area is 127 Å². The van der Waals surface area contributed by atoms with Crippen molar-refractivity contribution in [1.29, 1.82) is 0 Å². The Balaban J connectivity index is 2.10. The monoisotopic (exact) mass is 303 g/mol. The molecular weight excluding hydrogens is 289 g/mol. The summed E-state index contributed by atoms with van der Waals surface area (Å²) < 4.78 is 0. The summed E-state index contributed by atoms with van der Waals surface area (Å²) in [6, 6.07) is 3.75. The minimum absolute atomic E-state index is 0.0417. The lowest BCUT2D eigenvalue weighted by Gasteiger charge is -2.07. The zero-order valence-corrected chi connectivity index (χ0v) is 12.9. The molecule has 2 aromatic rings. The molecule has 0 aliphatic rings. The average Bonchev–Trinajstić information content (AvgIpc) is 2.81. The van der Waals surface area contributed by atoms with Gasteiger partial charge in [-0.3, -0.25) is 14.8 Å². The lowest BCUT2D eigenvalue weighted by molar-refractivity contribution is -0.116. The summed E-state index contributed by atoms with van der Waals surface area (Å²) in [7, 11) is 5.85. The van der Waals surface area contributed by atoms with Gasteiger partial charge in [0.25, 0.3) is 0 Å². The van der Waals surface area contributed by atoms with Crippen molar-refractivity contribution in [2.45, 2.75) is 18.6 Å². The number of thioether (sulfide) groups is 1. The first-order valence-corrected chi connectivity index (χ1v) is 8.20. The van der Waals surface area contributed by atoms with Crippen molar-refractivity contribution in [3.63, 3.8) is 0 Å². The molecule has 20 heavy (non-hydrogen) atoms. The molecule has 0 saturated carbocycles. The lowest BCUT2D eigenvalue weighted by atomic mass is 10.1. The molecule has 1 amide bonds. The van der Waals surface area contributed by atoms with Crippen molar-refractivity contribution in [2.75, 3.05) is 11.6 Å². The van der Waals surface area contributed by atoms with Crippen LogP contribution in [0.4, 0.5) is 5.00 Å². The number of pyridine rings is 1. The topological polar surface area (TPSA) is 54.9 Å². The summed E-state index contributed by atoms with van der Waals surface area (Å²) in [6.07, 6.45) is 5.87. The molecule has 1 atom stereocenters. The van der Waals surface area contributed by atoms with Crippen molar-refractivity contribution in [3.8, 4) is 10.6 Å². The van der Waals surface area contributed by atoms with E-state index in [1.54, 1.807) is 24.2 Å². The van der Waals surface area contributed by atoms with E-state index in [2.05, 4.69) is 15.3 Å². The summed E-state index contributed by atoms with van der Waals surface area (Å²) >= 11 is 3.02. The van der Waals surface area contributed by atoms with Crippen molar-refractivity contribution in [2.24, 2.45) is 0 Å². The molecule has 2 heterocycles. The number of carbonyl (C=O) groups excluding carboxylic acids is 1. The second kappa shape index (κ2) is 6.90. The fourth-order valence-electron chi connectivity index (χ4n) is 1.56. The summed E-state index contributed by atoms with van der Waals surface area (Å²) in [6.45, 7) is 2.02. The van der Waals surface area contributed by atoms with E-state index in [0.29, 0.717) is 17.0 Å². The Morgan fingerprint density at radius 2 is 2.40 bits per heavy atom. The quantitative estimate of drug-likeness (QED) is 0.859. The maximum Gasteiger partial charge on any atom is 0.226 e. The zero-order valence-electron chi connectivity index (χ0n) is 11.3. The first kappa shape index (κ1) is 15.1. The Bertz CT molecular complexity index is 589. The SMILES string of the molecule is [B]c1nc(-c2cccnc2)sc1NC(=O)CC(C)SC. The fourth-order valence-corrected chi connectivity index (χ4v) is 2.77. The number of anilines is 1. The summed E-state index contributed by atoms with van der Waals surface area (Å²) in [4.78, 5) is 20.2. The highest BCUT2D eigenvalue weighted by atomic mass is 32.2. The molecule has 0 spiro atoms. The molecule has 1 unspecified atom stereocenters. The van der Waals surface area contributed by atoms with Crippen LogP contribution in [0.5, 0.6) is 0 Å². The van der Waals surface area contributed by atoms with Crippen LogP contribution in [0.15, 0.2) is 24.5 Å². The molecule has 2 aromatic heterocycles. The Hall–Kier alpha value is -1.34. The van der Waals surface area contributed by atoms with Crippen LogP contribution in [0.3, 0.4) is 0 Å². The predicted molar refractivity (Wildman–Crippen MR) is 87.0 cm³/mol. The van der Waals surface area contributed by atoms with Gasteiger partial charge in [0.2, 0.25) is 5.91 Å². The molecule has 2 radical (unpaired) electrons. The van der Waals surface area contributed by atoms with E-state index < -0.39 is 0 Å². The highest BCUT2D eigenvalue weighted by Gasteiger charge is 2.13. The fraction of sp³-hybridized carbons (Fsp3) is 0.308. The van der Waals surface area contributed by atoms with Gasteiger partial charge in [0.1, 0.15) is 17.9 Å². The van der Waals surface area contributed by atoms with Gasteiger partial charge >= 0.3 is 0 Å². The third-order valence-electron chi connectivity index (χ3n) is 2.69. The van der Waals surface area contributed by atoms with E-state index in [9.17, 15) is 4.79 Å². The third kappa shape index (κ3) is 3.83. The van der Waals surface area contributed by atoms with Gasteiger partial charge in [-0.25, -0.2) is 0 Å². The third-order valence-corrected chi connectivity index (χ3v) is 4.70. The first-order valence-electron chi connectivity index (χ1n) is 6.09. The molecule has 0 fully saturated rings. The number of aromatic nitrogens is 2. The molecular formula is C13H14BN3OS2. The number of nitrogens with zero attached hydrogens (tertiary/aromatic N) is 2. The number of hydrogen-bond donors (Lipinski definition) is 1. The maximum atomic E-state index is 11.9. The standard InChI is InChI=1S/C13H14BN3OS2/c1-8(19-2)6-10(18)16-13-11(14)17-12(20-13)9-4-3-5-15-7-9/h3-5,7-8H,6H2,1-2H3,(H,16,18). The van der Waals surface area contributed by atoms with Gasteiger partial charge in [0.15, 0.2) is 0 Å². The van der Waals surface area contributed by atoms with Crippen LogP contribution >= 0.6 is 23.1 Å². The van der Waals surface area contributed by atoms with Crippen molar-refractivity contribution in [3.05, 3.63) is 24.5 Å². The van der Waals surface area contributed by atoms with E-state index in [0.717, 1.165) is 10.6 Å². The van der Waals surface area contributed by atoms with Crippen LogP contribution in [-0.2, 0) is 4.79 Å². The molecule has 2 rings (SSSR count). The van der Waals surface area contributed by atoms with Crippen LogP contribution in [0.1, 0.15) is 13.3 Å². The van der Waals surface area contributed by atoms with Crippen molar-refractivity contribution >= 4 is 47.4 Å². The van der Waals surface area contributed by atoms with Gasteiger partial charge in [-0.05, 0) is 18.4 Å². The smallest absolute Gasteiger partial charge is 0.226 e. The maximum absolute atomic E-state index is 11.9. The van der Waals surface area contributed by atoms with Gasteiger partial charge in [-0.2, -0.15) is 11.8 Å². The molecule has 4 nitrogen and oxygen atoms in total. The molecule has 0 saturated heterocycles. The van der Waals surface area contributed by atoms with Gasteiger partial charge < -0.3 is 5.32 Å². The molecule has 102 valence electrons. The Kier molecular flexibility index (Phi) is 5.20. The minimum atomic E-state index is -0.0417. The molecule has 1 N–H and O–H groups in total. The molecule has 0 aliphatic heterocycles. The average molecular weight is 303 g/mol. The second-order valence-electron chi connectivity index (χ2n) is 4.27. The molecule has 7 heteroatoms. The van der Waals surface area contributed by atoms with Gasteiger partial charge in [-0.1, -0.05) is 18.3 Å². The normalized spacial score (nSPS) is 12.1. The predicted octanol–water partition coefficient (Wildman–Crippen LogP) is 2.08. The van der Waals surface area contributed by atoms with Crippen LogP contribution in [0.2, 0.25) is 0 Å². The number of amides is 1. The van der Waals surface area contributed by atoms with E-state index in [4.69, 9.17) is 7.85 Å². The van der Waals surface area contributed by atoms with Gasteiger partial charge in [-0.15, -0.1) is 0 Å². The highest BCUT2D eigenvalue weighted by molar-refractivity contribution is 7.99. The van der Waals surface area contributed by atoms with Crippen LogP contribution < -0.4 is 10.9 Å². The molecule has 0 aromatic carbocycles. The van der Waals surface area contributed by atoms with Gasteiger partial charge in [0, 0.05) is 35.2 Å². The summed E-state index contributed by atoms with van der Waals surface area (Å²) in [5.41, 5.74) is 1.24. The number of hydrogen-bond acceptors (Lipinski definition) is 5. The van der Waals surface area contributed by atoms with Crippen molar-refractivity contribution < 1.29 is 4.79 Å². The molecule has 0 bridgehead atoms. The van der Waals surface area contributed by atoms with Crippen molar-refractivity contribution in [1.82, 2.24) is 9.97 Å². The largest absolute Gasteiger partial charge is 0.317 e. The van der Waals surface area contributed by atoms with E-state index in [1.165, 1.54) is 11.3 Å². The van der Waals surface area contributed by atoms with Crippen LogP contribution in [0.25, 0.3) is 10.6 Å². The minimum Gasteiger partial charge on any atom is -0.317 e. The molecule has 0 aliphatic carbocycles.